The Morgan fingerprint density at radius 3 is 2.57 bits per heavy atom. The molecule has 0 aliphatic carbocycles. The van der Waals surface area contributed by atoms with E-state index < -0.39 is 10.0 Å². The summed E-state index contributed by atoms with van der Waals surface area (Å²) in [7, 11) is -0.135. The van der Waals surface area contributed by atoms with Gasteiger partial charge in [-0.3, -0.25) is 0 Å². The summed E-state index contributed by atoms with van der Waals surface area (Å²) in [6.07, 6.45) is 1.55. The minimum absolute atomic E-state index is 0.0304. The summed E-state index contributed by atoms with van der Waals surface area (Å²) in [6.45, 7) is 4.08. The highest BCUT2D eigenvalue weighted by molar-refractivity contribution is 7.92. The molecule has 0 aromatic carbocycles. The van der Waals surface area contributed by atoms with Gasteiger partial charge < -0.3 is 9.88 Å². The molecule has 2 heterocycles. The van der Waals surface area contributed by atoms with Gasteiger partial charge in [0, 0.05) is 25.5 Å². The van der Waals surface area contributed by atoms with E-state index in [2.05, 4.69) is 25.2 Å². The Morgan fingerprint density at radius 1 is 1.24 bits per heavy atom. The first-order valence-corrected chi connectivity index (χ1v) is 7.82. The van der Waals surface area contributed by atoms with Gasteiger partial charge in [-0.1, -0.05) is 0 Å². The molecular weight excluding hydrogens is 292 g/mol. The van der Waals surface area contributed by atoms with Crippen molar-refractivity contribution in [3.63, 3.8) is 0 Å². The van der Waals surface area contributed by atoms with Crippen LogP contribution in [0.25, 0.3) is 0 Å². The topological polar surface area (TPSA) is 102 Å². The van der Waals surface area contributed by atoms with Crippen LogP contribution in [0.15, 0.2) is 17.2 Å². The van der Waals surface area contributed by atoms with E-state index in [-0.39, 0.29) is 10.8 Å². The predicted octanol–water partition coefficient (Wildman–Crippen LogP) is 0.347. The van der Waals surface area contributed by atoms with Gasteiger partial charge >= 0.3 is 0 Å². The summed E-state index contributed by atoms with van der Waals surface area (Å²) in [5.41, 5.74) is 2.15. The summed E-state index contributed by atoms with van der Waals surface area (Å²) >= 11 is 0. The van der Waals surface area contributed by atoms with Crippen molar-refractivity contribution in [3.8, 4) is 0 Å². The molecule has 114 valence electrons. The number of hydrogen-bond donors (Lipinski definition) is 2. The van der Waals surface area contributed by atoms with Crippen molar-refractivity contribution < 1.29 is 8.42 Å². The molecule has 2 rings (SSSR count). The quantitative estimate of drug-likeness (QED) is 0.826. The molecule has 0 fully saturated rings. The van der Waals surface area contributed by atoms with Crippen LogP contribution in [0.4, 0.5) is 5.95 Å². The van der Waals surface area contributed by atoms with E-state index in [1.165, 1.54) is 0 Å². The summed E-state index contributed by atoms with van der Waals surface area (Å²) in [6, 6.07) is 1.60. The van der Waals surface area contributed by atoms with E-state index >= 15 is 0 Å². The molecule has 8 nitrogen and oxygen atoms in total. The lowest BCUT2D eigenvalue weighted by atomic mass is 10.4. The molecule has 0 radical (unpaired) electrons. The lowest BCUT2D eigenvalue weighted by Gasteiger charge is -2.05. The zero-order valence-corrected chi connectivity index (χ0v) is 13.2. The summed E-state index contributed by atoms with van der Waals surface area (Å²) in [5.74, 6) is -0.0304. The Morgan fingerprint density at radius 2 is 1.95 bits per heavy atom. The fraction of sp³-hybridized carbons (Fsp3) is 0.417. The van der Waals surface area contributed by atoms with E-state index in [9.17, 15) is 8.42 Å². The molecular formula is C12H18N6O2S. The normalized spacial score (nSPS) is 11.6. The van der Waals surface area contributed by atoms with Crippen LogP contribution in [0, 0.1) is 13.8 Å². The minimum atomic E-state index is -3.73. The lowest BCUT2D eigenvalue weighted by molar-refractivity contribution is 0.600. The van der Waals surface area contributed by atoms with Gasteiger partial charge in [-0.2, -0.15) is 5.10 Å². The SMILES string of the molecule is CNCc1cc(S(=O)(=O)Nc2nnc(C)c(C)n2)cn1C. The molecule has 0 spiro atoms. The van der Waals surface area contributed by atoms with E-state index in [4.69, 9.17) is 0 Å². The highest BCUT2D eigenvalue weighted by atomic mass is 32.2. The Labute approximate surface area is 123 Å². The summed E-state index contributed by atoms with van der Waals surface area (Å²) in [4.78, 5) is 4.23. The second-order valence-corrected chi connectivity index (χ2v) is 6.40. The molecule has 0 aliphatic heterocycles. The highest BCUT2D eigenvalue weighted by Crippen LogP contribution is 2.16. The maximum Gasteiger partial charge on any atom is 0.265 e. The average Bonchev–Trinajstić information content (AvgIpc) is 2.77. The van der Waals surface area contributed by atoms with Crippen LogP contribution in [-0.2, 0) is 23.6 Å². The standard InChI is InChI=1S/C12H18N6O2S/c1-8-9(2)15-16-12(14-8)17-21(19,20)11-5-10(6-13-3)18(4)7-11/h5,7,13H,6H2,1-4H3,(H,14,16,17). The highest BCUT2D eigenvalue weighted by Gasteiger charge is 2.19. The fourth-order valence-corrected chi connectivity index (χ4v) is 2.79. The third kappa shape index (κ3) is 3.37. The van der Waals surface area contributed by atoms with Crippen molar-refractivity contribution in [3.05, 3.63) is 29.3 Å². The van der Waals surface area contributed by atoms with Gasteiger partial charge in [0.15, 0.2) is 0 Å². The van der Waals surface area contributed by atoms with Gasteiger partial charge in [0.25, 0.3) is 16.0 Å². The van der Waals surface area contributed by atoms with Crippen molar-refractivity contribution in [2.75, 3.05) is 11.8 Å². The molecule has 9 heteroatoms. The maximum atomic E-state index is 12.3. The van der Waals surface area contributed by atoms with Gasteiger partial charge in [-0.05, 0) is 27.0 Å². The Balaban J connectivity index is 2.29. The van der Waals surface area contributed by atoms with Gasteiger partial charge in [-0.15, -0.1) is 5.10 Å². The molecule has 0 saturated carbocycles. The Bertz CT molecular complexity index is 753. The van der Waals surface area contributed by atoms with Crippen molar-refractivity contribution in [1.82, 2.24) is 25.1 Å². The molecule has 2 aromatic rings. The molecule has 2 N–H and O–H groups in total. The molecule has 0 bridgehead atoms. The number of anilines is 1. The third-order valence-corrected chi connectivity index (χ3v) is 4.36. The average molecular weight is 310 g/mol. The van der Waals surface area contributed by atoms with Crippen LogP contribution in [0.5, 0.6) is 0 Å². The van der Waals surface area contributed by atoms with Gasteiger partial charge in [0.1, 0.15) is 4.90 Å². The number of aryl methyl sites for hydroxylation is 3. The Hall–Kier alpha value is -2.00. The van der Waals surface area contributed by atoms with E-state index in [0.29, 0.717) is 17.9 Å². The van der Waals surface area contributed by atoms with Crippen LogP contribution in [-0.4, -0.2) is 35.2 Å². The van der Waals surface area contributed by atoms with Crippen molar-refractivity contribution in [1.29, 1.82) is 0 Å². The molecule has 21 heavy (non-hydrogen) atoms. The maximum absolute atomic E-state index is 12.3. The van der Waals surface area contributed by atoms with Crippen molar-refractivity contribution >= 4 is 16.0 Å². The molecule has 0 saturated heterocycles. The second kappa shape index (κ2) is 5.78. The van der Waals surface area contributed by atoms with E-state index in [1.807, 2.05) is 0 Å². The lowest BCUT2D eigenvalue weighted by Crippen LogP contribution is -2.16. The Kier molecular flexibility index (Phi) is 4.24. The largest absolute Gasteiger partial charge is 0.352 e. The number of nitrogens with one attached hydrogen (secondary N) is 2. The van der Waals surface area contributed by atoms with Crippen LogP contribution >= 0.6 is 0 Å². The van der Waals surface area contributed by atoms with Gasteiger partial charge in [0.05, 0.1) is 11.4 Å². The van der Waals surface area contributed by atoms with Crippen LogP contribution in [0.3, 0.4) is 0 Å². The van der Waals surface area contributed by atoms with Gasteiger partial charge in [0.2, 0.25) is 0 Å². The predicted molar refractivity (Wildman–Crippen MR) is 78.3 cm³/mol. The van der Waals surface area contributed by atoms with Crippen molar-refractivity contribution in [2.24, 2.45) is 7.05 Å². The van der Waals surface area contributed by atoms with Crippen LogP contribution in [0.1, 0.15) is 17.1 Å². The summed E-state index contributed by atoms with van der Waals surface area (Å²) < 4.78 is 28.7. The number of sulfonamides is 1. The van der Waals surface area contributed by atoms with Crippen LogP contribution in [0.2, 0.25) is 0 Å². The van der Waals surface area contributed by atoms with E-state index in [0.717, 1.165) is 5.69 Å². The molecule has 0 aliphatic rings. The third-order valence-electron chi connectivity index (χ3n) is 3.07. The zero-order valence-electron chi connectivity index (χ0n) is 12.4. The fourth-order valence-electron chi connectivity index (χ4n) is 1.76. The molecule has 0 atom stereocenters. The first kappa shape index (κ1) is 15.4. The van der Waals surface area contributed by atoms with Crippen molar-refractivity contribution in [2.45, 2.75) is 25.3 Å². The second-order valence-electron chi connectivity index (χ2n) is 4.72. The minimum Gasteiger partial charge on any atom is -0.352 e. The molecule has 2 aromatic heterocycles. The number of aromatic nitrogens is 4. The van der Waals surface area contributed by atoms with Crippen LogP contribution < -0.4 is 10.0 Å². The monoisotopic (exact) mass is 310 g/mol. The first-order chi connectivity index (χ1) is 9.83. The summed E-state index contributed by atoms with van der Waals surface area (Å²) in [5, 5.41) is 10.6. The molecule has 0 unspecified atom stereocenters. The number of hydrogen-bond acceptors (Lipinski definition) is 6. The number of rotatable bonds is 5. The smallest absolute Gasteiger partial charge is 0.265 e. The van der Waals surface area contributed by atoms with Gasteiger partial charge in [-0.25, -0.2) is 18.1 Å². The molecule has 0 amide bonds. The van der Waals surface area contributed by atoms with E-state index in [1.54, 1.807) is 44.8 Å². The number of nitrogens with zero attached hydrogens (tertiary/aromatic N) is 4. The first-order valence-electron chi connectivity index (χ1n) is 6.34. The zero-order chi connectivity index (χ0) is 15.6.